The van der Waals surface area contributed by atoms with Crippen LogP contribution in [-0.2, 0) is 4.79 Å². The van der Waals surface area contributed by atoms with Crippen LogP contribution in [0.15, 0.2) is 29.2 Å². The highest BCUT2D eigenvalue weighted by Crippen LogP contribution is 2.21. The second-order valence-corrected chi connectivity index (χ2v) is 6.37. The van der Waals surface area contributed by atoms with Gasteiger partial charge in [-0.1, -0.05) is 0 Å². The molecular formula is C16H24N2OS. The largest absolute Gasteiger partial charge is 0.365 e. The summed E-state index contributed by atoms with van der Waals surface area (Å²) in [5.74, 6) is 0.244. The standard InChI is InChI=1S/C16H24N2OS/c1-13-6-4-5-11-18(13)16(19)12-17(2)14-7-9-15(20-3)10-8-14/h7-10,13H,4-6,11-12H2,1-3H3. The van der Waals surface area contributed by atoms with Crippen LogP contribution in [0.2, 0.25) is 0 Å². The number of carbonyl (C=O) groups is 1. The fourth-order valence-corrected chi connectivity index (χ4v) is 3.10. The van der Waals surface area contributed by atoms with Crippen molar-refractivity contribution in [3.8, 4) is 0 Å². The fourth-order valence-electron chi connectivity index (χ4n) is 2.69. The Balaban J connectivity index is 1.95. The van der Waals surface area contributed by atoms with E-state index in [0.717, 1.165) is 25.1 Å². The van der Waals surface area contributed by atoms with Crippen LogP contribution < -0.4 is 4.90 Å². The highest BCUT2D eigenvalue weighted by atomic mass is 32.2. The van der Waals surface area contributed by atoms with Crippen molar-refractivity contribution in [3.05, 3.63) is 24.3 Å². The number of hydrogen-bond acceptors (Lipinski definition) is 3. The summed E-state index contributed by atoms with van der Waals surface area (Å²) < 4.78 is 0. The first kappa shape index (κ1) is 15.2. The molecule has 0 bridgehead atoms. The highest BCUT2D eigenvalue weighted by Gasteiger charge is 2.23. The first-order valence-electron chi connectivity index (χ1n) is 7.26. The number of anilines is 1. The van der Waals surface area contributed by atoms with Crippen molar-refractivity contribution in [1.82, 2.24) is 4.90 Å². The molecule has 1 aromatic carbocycles. The minimum absolute atomic E-state index is 0.244. The van der Waals surface area contributed by atoms with Gasteiger partial charge in [0.05, 0.1) is 6.54 Å². The lowest BCUT2D eigenvalue weighted by Gasteiger charge is -2.34. The molecule has 20 heavy (non-hydrogen) atoms. The third-order valence-corrected chi connectivity index (χ3v) is 4.75. The van der Waals surface area contributed by atoms with Gasteiger partial charge in [0.15, 0.2) is 0 Å². The van der Waals surface area contributed by atoms with Crippen molar-refractivity contribution in [3.63, 3.8) is 0 Å². The number of piperidine rings is 1. The first-order chi connectivity index (χ1) is 9.61. The summed E-state index contributed by atoms with van der Waals surface area (Å²) in [5, 5.41) is 0. The zero-order valence-corrected chi connectivity index (χ0v) is 13.4. The molecule has 1 atom stereocenters. The summed E-state index contributed by atoms with van der Waals surface area (Å²) in [6.45, 7) is 3.53. The zero-order valence-electron chi connectivity index (χ0n) is 12.6. The molecule has 0 aromatic heterocycles. The van der Waals surface area contributed by atoms with Crippen LogP contribution in [0.4, 0.5) is 5.69 Å². The van der Waals surface area contributed by atoms with Crippen molar-refractivity contribution in [1.29, 1.82) is 0 Å². The van der Waals surface area contributed by atoms with Crippen LogP contribution >= 0.6 is 11.8 Å². The Morgan fingerprint density at radius 1 is 1.35 bits per heavy atom. The molecule has 0 aliphatic carbocycles. The van der Waals surface area contributed by atoms with E-state index >= 15 is 0 Å². The van der Waals surface area contributed by atoms with E-state index in [9.17, 15) is 4.79 Å². The molecule has 0 N–H and O–H groups in total. The highest BCUT2D eigenvalue weighted by molar-refractivity contribution is 7.98. The van der Waals surface area contributed by atoms with Gasteiger partial charge < -0.3 is 9.80 Å². The Bertz CT molecular complexity index is 446. The lowest BCUT2D eigenvalue weighted by atomic mass is 10.0. The number of hydrogen-bond donors (Lipinski definition) is 0. The summed E-state index contributed by atoms with van der Waals surface area (Å²) in [6.07, 6.45) is 5.59. The van der Waals surface area contributed by atoms with E-state index in [-0.39, 0.29) is 5.91 Å². The summed E-state index contributed by atoms with van der Waals surface area (Å²) in [5.41, 5.74) is 1.10. The van der Waals surface area contributed by atoms with E-state index in [2.05, 4.69) is 37.4 Å². The predicted molar refractivity (Wildman–Crippen MR) is 86.5 cm³/mol. The van der Waals surface area contributed by atoms with E-state index in [0.29, 0.717) is 12.6 Å². The van der Waals surface area contributed by atoms with Crippen LogP contribution in [0.1, 0.15) is 26.2 Å². The molecule has 0 radical (unpaired) electrons. The Kier molecular flexibility index (Phi) is 5.35. The van der Waals surface area contributed by atoms with Crippen molar-refractivity contribution >= 4 is 23.4 Å². The van der Waals surface area contributed by atoms with E-state index in [1.54, 1.807) is 11.8 Å². The lowest BCUT2D eigenvalue weighted by molar-refractivity contribution is -0.132. The van der Waals surface area contributed by atoms with Crippen LogP contribution in [0.3, 0.4) is 0 Å². The monoisotopic (exact) mass is 292 g/mol. The number of carbonyl (C=O) groups excluding carboxylic acids is 1. The Hall–Kier alpha value is -1.16. The van der Waals surface area contributed by atoms with Gasteiger partial charge in [0.1, 0.15) is 0 Å². The Morgan fingerprint density at radius 3 is 2.65 bits per heavy atom. The Labute approximate surface area is 126 Å². The third-order valence-electron chi connectivity index (χ3n) is 4.01. The second-order valence-electron chi connectivity index (χ2n) is 5.49. The summed E-state index contributed by atoms with van der Waals surface area (Å²) >= 11 is 1.73. The van der Waals surface area contributed by atoms with E-state index in [1.165, 1.54) is 11.3 Å². The summed E-state index contributed by atoms with van der Waals surface area (Å²) in [7, 11) is 1.99. The summed E-state index contributed by atoms with van der Waals surface area (Å²) in [6, 6.07) is 8.76. The SMILES string of the molecule is CSc1ccc(N(C)CC(=O)N2CCCCC2C)cc1. The van der Waals surface area contributed by atoms with Crippen LogP contribution in [0.25, 0.3) is 0 Å². The second kappa shape index (κ2) is 7.02. The zero-order chi connectivity index (χ0) is 14.5. The molecule has 1 saturated heterocycles. The van der Waals surface area contributed by atoms with Gasteiger partial charge in [-0.15, -0.1) is 11.8 Å². The smallest absolute Gasteiger partial charge is 0.242 e. The van der Waals surface area contributed by atoms with Gasteiger partial charge in [-0.05, 0) is 56.7 Å². The molecule has 110 valence electrons. The molecule has 4 heteroatoms. The minimum atomic E-state index is 0.244. The predicted octanol–water partition coefficient (Wildman–Crippen LogP) is 3.25. The molecule has 1 heterocycles. The van der Waals surface area contributed by atoms with E-state index in [1.807, 2.05) is 16.8 Å². The molecule has 0 saturated carbocycles. The fraction of sp³-hybridized carbons (Fsp3) is 0.562. The molecule has 0 spiro atoms. The number of benzene rings is 1. The number of thioether (sulfide) groups is 1. The lowest BCUT2D eigenvalue weighted by Crippen LogP contribution is -2.46. The molecule has 1 aromatic rings. The molecule has 1 aliphatic rings. The molecular weight excluding hydrogens is 268 g/mol. The van der Waals surface area contributed by atoms with Crippen molar-refractivity contribution < 1.29 is 4.79 Å². The molecule has 3 nitrogen and oxygen atoms in total. The molecule has 2 rings (SSSR count). The maximum absolute atomic E-state index is 12.4. The summed E-state index contributed by atoms with van der Waals surface area (Å²) in [4.78, 5) is 17.7. The van der Waals surface area contributed by atoms with Crippen LogP contribution in [-0.4, -0.2) is 43.2 Å². The van der Waals surface area contributed by atoms with Gasteiger partial charge in [-0.25, -0.2) is 0 Å². The van der Waals surface area contributed by atoms with E-state index in [4.69, 9.17) is 0 Å². The number of amides is 1. The van der Waals surface area contributed by atoms with Gasteiger partial charge in [-0.2, -0.15) is 0 Å². The van der Waals surface area contributed by atoms with Crippen molar-refractivity contribution in [2.75, 3.05) is 31.3 Å². The minimum Gasteiger partial charge on any atom is -0.365 e. The van der Waals surface area contributed by atoms with Gasteiger partial charge in [0.25, 0.3) is 0 Å². The molecule has 1 amide bonds. The average Bonchev–Trinajstić information content (AvgIpc) is 2.47. The van der Waals surface area contributed by atoms with Crippen molar-refractivity contribution in [2.45, 2.75) is 37.1 Å². The maximum Gasteiger partial charge on any atom is 0.242 e. The topological polar surface area (TPSA) is 23.6 Å². The number of rotatable bonds is 4. The van der Waals surface area contributed by atoms with Crippen LogP contribution in [0.5, 0.6) is 0 Å². The molecule has 1 unspecified atom stereocenters. The van der Waals surface area contributed by atoms with Gasteiger partial charge in [0, 0.05) is 30.2 Å². The number of nitrogens with zero attached hydrogens (tertiary/aromatic N) is 2. The Morgan fingerprint density at radius 2 is 2.05 bits per heavy atom. The molecule has 1 fully saturated rings. The van der Waals surface area contributed by atoms with Crippen molar-refractivity contribution in [2.24, 2.45) is 0 Å². The van der Waals surface area contributed by atoms with Crippen LogP contribution in [0, 0.1) is 0 Å². The normalized spacial score (nSPS) is 18.9. The quantitative estimate of drug-likeness (QED) is 0.796. The van der Waals surface area contributed by atoms with Gasteiger partial charge in [-0.3, -0.25) is 4.79 Å². The number of likely N-dealkylation sites (tertiary alicyclic amines) is 1. The first-order valence-corrected chi connectivity index (χ1v) is 8.49. The molecule has 1 aliphatic heterocycles. The van der Waals surface area contributed by atoms with Gasteiger partial charge in [0.2, 0.25) is 5.91 Å². The average molecular weight is 292 g/mol. The maximum atomic E-state index is 12.4. The third kappa shape index (κ3) is 3.69. The van der Waals surface area contributed by atoms with Gasteiger partial charge >= 0.3 is 0 Å². The van der Waals surface area contributed by atoms with E-state index < -0.39 is 0 Å². The number of likely N-dealkylation sites (N-methyl/N-ethyl adjacent to an activating group) is 1.